The first-order valence-corrected chi connectivity index (χ1v) is 11.2. The average Bonchev–Trinajstić information content (AvgIpc) is 2.82. The van der Waals surface area contributed by atoms with Crippen LogP contribution in [0.25, 0.3) is 0 Å². The first-order valence-electron chi connectivity index (χ1n) is 9.77. The molecule has 4 heterocycles. The van der Waals surface area contributed by atoms with Crippen molar-refractivity contribution < 1.29 is 13.2 Å². The number of amides is 1. The van der Waals surface area contributed by atoms with Gasteiger partial charge in [-0.15, -0.1) is 6.58 Å². The van der Waals surface area contributed by atoms with Crippen LogP contribution >= 0.6 is 0 Å². The molecule has 2 saturated heterocycles. The quantitative estimate of drug-likeness (QED) is 0.704. The van der Waals surface area contributed by atoms with Crippen LogP contribution in [0.2, 0.25) is 0 Å². The molecule has 3 atom stereocenters. The first kappa shape index (κ1) is 19.7. The van der Waals surface area contributed by atoms with Crippen molar-refractivity contribution in [2.75, 3.05) is 6.54 Å². The van der Waals surface area contributed by atoms with Gasteiger partial charge in [-0.25, -0.2) is 8.42 Å². The van der Waals surface area contributed by atoms with Crippen LogP contribution in [0.4, 0.5) is 0 Å². The highest BCUT2D eigenvalue weighted by Crippen LogP contribution is 2.37. The molecule has 7 nitrogen and oxygen atoms in total. The third kappa shape index (κ3) is 3.70. The number of hydrogen-bond donors (Lipinski definition) is 0. The van der Waals surface area contributed by atoms with E-state index in [4.69, 9.17) is 0 Å². The van der Waals surface area contributed by atoms with Crippen LogP contribution in [-0.4, -0.2) is 52.1 Å². The lowest BCUT2D eigenvalue weighted by atomic mass is 9.90. The minimum absolute atomic E-state index is 0.116. The second-order valence-corrected chi connectivity index (χ2v) is 9.32. The van der Waals surface area contributed by atoms with Gasteiger partial charge in [0.05, 0.1) is 12.2 Å². The van der Waals surface area contributed by atoms with Crippen molar-refractivity contribution in [2.24, 2.45) is 5.92 Å². The summed E-state index contributed by atoms with van der Waals surface area (Å²) in [5.74, 6) is -0.323. The van der Waals surface area contributed by atoms with Gasteiger partial charge in [0.25, 0.3) is 0 Å². The maximum absolute atomic E-state index is 13.5. The third-order valence-corrected chi connectivity index (χ3v) is 7.64. The number of piperidine rings is 1. The van der Waals surface area contributed by atoms with Crippen molar-refractivity contribution in [1.82, 2.24) is 19.2 Å². The molecule has 2 aromatic rings. The summed E-state index contributed by atoms with van der Waals surface area (Å²) in [6.07, 6.45) is 8.38. The summed E-state index contributed by atoms with van der Waals surface area (Å²) < 4.78 is 28.4. The normalized spacial score (nSPS) is 25.4. The summed E-state index contributed by atoms with van der Waals surface area (Å²) in [7, 11) is -3.86. The second kappa shape index (κ2) is 8.04. The first-order chi connectivity index (χ1) is 14.0. The minimum atomic E-state index is -3.86. The average molecular weight is 413 g/mol. The highest BCUT2D eigenvalue weighted by molar-refractivity contribution is 7.89. The van der Waals surface area contributed by atoms with E-state index in [1.54, 1.807) is 23.2 Å². The van der Waals surface area contributed by atoms with Gasteiger partial charge in [-0.05, 0) is 43.5 Å². The Morgan fingerprint density at radius 1 is 1.17 bits per heavy atom. The molecule has 0 radical (unpaired) electrons. The molecule has 1 amide bonds. The lowest BCUT2D eigenvalue weighted by Gasteiger charge is -2.40. The largest absolute Gasteiger partial charge is 0.335 e. The Morgan fingerprint density at radius 3 is 2.72 bits per heavy atom. The minimum Gasteiger partial charge on any atom is -0.335 e. The van der Waals surface area contributed by atoms with Gasteiger partial charge in [-0.3, -0.25) is 14.8 Å². The number of carbonyl (C=O) groups excluding carboxylic acids is 1. The van der Waals surface area contributed by atoms with Gasteiger partial charge in [0.2, 0.25) is 15.9 Å². The summed E-state index contributed by atoms with van der Waals surface area (Å²) in [5.41, 5.74) is 0.779. The zero-order chi connectivity index (χ0) is 20.4. The van der Waals surface area contributed by atoms with Gasteiger partial charge < -0.3 is 4.90 Å². The summed E-state index contributed by atoms with van der Waals surface area (Å²) in [5, 5.41) is 0. The Morgan fingerprint density at radius 2 is 2.03 bits per heavy atom. The van der Waals surface area contributed by atoms with E-state index in [1.807, 2.05) is 18.2 Å². The summed E-state index contributed by atoms with van der Waals surface area (Å²) in [6.45, 7) is 4.73. The fourth-order valence-electron chi connectivity index (χ4n) is 4.35. The molecule has 0 saturated carbocycles. The molecule has 2 aromatic heterocycles. The van der Waals surface area contributed by atoms with E-state index in [0.29, 0.717) is 25.9 Å². The van der Waals surface area contributed by atoms with Gasteiger partial charge in [0.15, 0.2) is 0 Å². The molecule has 8 heteroatoms. The zero-order valence-electron chi connectivity index (χ0n) is 16.1. The van der Waals surface area contributed by atoms with E-state index in [0.717, 1.165) is 12.1 Å². The Hall–Kier alpha value is -2.58. The van der Waals surface area contributed by atoms with E-state index in [9.17, 15) is 13.2 Å². The standard InChI is InChI=1S/C21H24N4O3S/c1-2-16-14-24(15-17-7-3-4-12-23-17)21(26)20-10-5-9-19(16)25(20)29(27,28)18-8-6-11-22-13-18/h2-4,6-8,11-13,16,19-20H,1,5,9-10,14-15H2/t16-,19?,20?/m0/s1. The number of pyridine rings is 2. The van der Waals surface area contributed by atoms with Crippen LogP contribution in [0, 0.1) is 5.92 Å². The highest BCUT2D eigenvalue weighted by atomic mass is 32.2. The molecule has 2 fully saturated rings. The molecular formula is C21H24N4O3S. The molecule has 2 bridgehead atoms. The Balaban J connectivity index is 1.74. The van der Waals surface area contributed by atoms with Crippen LogP contribution in [0.3, 0.4) is 0 Å². The van der Waals surface area contributed by atoms with Gasteiger partial charge in [0.1, 0.15) is 10.9 Å². The number of rotatable bonds is 5. The number of aromatic nitrogens is 2. The molecule has 0 N–H and O–H groups in total. The van der Waals surface area contributed by atoms with Crippen LogP contribution < -0.4 is 0 Å². The SMILES string of the molecule is C=C[C@H]1CN(Cc2ccccn2)C(=O)C2CCCC1N2S(=O)(=O)c1cccnc1. The van der Waals surface area contributed by atoms with Crippen molar-refractivity contribution >= 4 is 15.9 Å². The summed E-state index contributed by atoms with van der Waals surface area (Å²) >= 11 is 0. The molecule has 2 unspecified atom stereocenters. The van der Waals surface area contributed by atoms with E-state index in [-0.39, 0.29) is 22.8 Å². The smallest absolute Gasteiger partial charge is 0.245 e. The van der Waals surface area contributed by atoms with Crippen LogP contribution in [0.15, 0.2) is 66.5 Å². The van der Waals surface area contributed by atoms with Crippen molar-refractivity contribution in [3.8, 4) is 0 Å². The lowest BCUT2D eigenvalue weighted by Crippen LogP contribution is -2.54. The Kier molecular flexibility index (Phi) is 5.47. The summed E-state index contributed by atoms with van der Waals surface area (Å²) in [4.78, 5) is 23.6. The molecule has 2 aliphatic heterocycles. The molecule has 2 aliphatic rings. The van der Waals surface area contributed by atoms with Crippen molar-refractivity contribution in [2.45, 2.75) is 42.8 Å². The molecule has 0 aromatic carbocycles. The van der Waals surface area contributed by atoms with Gasteiger partial charge >= 0.3 is 0 Å². The molecular weight excluding hydrogens is 388 g/mol. The van der Waals surface area contributed by atoms with E-state index < -0.39 is 16.1 Å². The van der Waals surface area contributed by atoms with Crippen molar-refractivity contribution in [1.29, 1.82) is 0 Å². The molecule has 29 heavy (non-hydrogen) atoms. The highest BCUT2D eigenvalue weighted by Gasteiger charge is 2.49. The maximum atomic E-state index is 13.5. The fraction of sp³-hybridized carbons (Fsp3) is 0.381. The second-order valence-electron chi connectivity index (χ2n) is 7.48. The molecule has 4 rings (SSSR count). The molecule has 0 spiro atoms. The van der Waals surface area contributed by atoms with Gasteiger partial charge in [-0.2, -0.15) is 4.31 Å². The number of sulfonamides is 1. The fourth-order valence-corrected chi connectivity index (χ4v) is 6.18. The lowest BCUT2D eigenvalue weighted by molar-refractivity contribution is -0.135. The Labute approximate surface area is 171 Å². The number of fused-ring (bicyclic) bond motifs is 2. The maximum Gasteiger partial charge on any atom is 0.245 e. The predicted octanol–water partition coefficient (Wildman–Crippen LogP) is 2.23. The molecule has 152 valence electrons. The van der Waals surface area contributed by atoms with Gasteiger partial charge in [-0.1, -0.05) is 12.1 Å². The van der Waals surface area contributed by atoms with E-state index >= 15 is 0 Å². The number of hydrogen-bond acceptors (Lipinski definition) is 5. The zero-order valence-corrected chi connectivity index (χ0v) is 16.9. The Bertz CT molecular complexity index is 982. The van der Waals surface area contributed by atoms with Crippen LogP contribution in [0.1, 0.15) is 25.0 Å². The topological polar surface area (TPSA) is 83.5 Å². The molecule has 0 aliphatic carbocycles. The van der Waals surface area contributed by atoms with E-state index in [1.165, 1.54) is 22.8 Å². The van der Waals surface area contributed by atoms with Gasteiger partial charge in [0, 0.05) is 37.1 Å². The van der Waals surface area contributed by atoms with E-state index in [2.05, 4.69) is 16.5 Å². The number of nitrogens with zero attached hydrogens (tertiary/aromatic N) is 4. The third-order valence-electron chi connectivity index (χ3n) is 5.73. The number of carbonyl (C=O) groups is 1. The summed E-state index contributed by atoms with van der Waals surface area (Å²) in [6, 6.07) is 7.70. The van der Waals surface area contributed by atoms with Crippen molar-refractivity contribution in [3.63, 3.8) is 0 Å². The monoisotopic (exact) mass is 412 g/mol. The predicted molar refractivity (Wildman–Crippen MR) is 108 cm³/mol. The van der Waals surface area contributed by atoms with Crippen molar-refractivity contribution in [3.05, 3.63) is 67.3 Å². The van der Waals surface area contributed by atoms with Crippen LogP contribution in [0.5, 0.6) is 0 Å². The van der Waals surface area contributed by atoms with Crippen LogP contribution in [-0.2, 0) is 21.4 Å².